The molecule has 0 radical (unpaired) electrons. The lowest BCUT2D eigenvalue weighted by Crippen LogP contribution is -2.20. The fourth-order valence-corrected chi connectivity index (χ4v) is 1.95. The molecule has 0 aromatic heterocycles. The molecule has 0 aliphatic carbocycles. The van der Waals surface area contributed by atoms with Gasteiger partial charge in [0.25, 0.3) is 0 Å². The highest BCUT2D eigenvalue weighted by atomic mass is 16.6. The molecule has 0 aliphatic heterocycles. The standard InChI is InChI=1S/C17H19BO6/c19-17(23-13-14-5-2-1-3-6-14)7-4-12-22-15-8-10-16(11-9-15)24-18(20)21/h1-3,5-6,8-11,20-21H,4,7,12-13H2. The quantitative estimate of drug-likeness (QED) is 0.415. The minimum Gasteiger partial charge on any atom is -0.512 e. The van der Waals surface area contributed by atoms with Crippen molar-refractivity contribution in [1.29, 1.82) is 0 Å². The largest absolute Gasteiger partial charge is 0.707 e. The molecule has 0 amide bonds. The Morgan fingerprint density at radius 3 is 2.29 bits per heavy atom. The second-order valence-corrected chi connectivity index (χ2v) is 5.01. The van der Waals surface area contributed by atoms with E-state index in [1.54, 1.807) is 24.3 Å². The Bertz CT molecular complexity index is 615. The number of hydrogen-bond donors (Lipinski definition) is 2. The lowest BCUT2D eigenvalue weighted by molar-refractivity contribution is -0.145. The molecule has 0 unspecified atom stereocenters. The van der Waals surface area contributed by atoms with Gasteiger partial charge in [-0.25, -0.2) is 0 Å². The molecule has 2 rings (SSSR count). The summed E-state index contributed by atoms with van der Waals surface area (Å²) in [6.45, 7) is 0.655. The molecule has 2 aromatic carbocycles. The van der Waals surface area contributed by atoms with E-state index in [1.165, 1.54) is 0 Å². The molecule has 126 valence electrons. The first-order chi connectivity index (χ1) is 11.6. The zero-order valence-electron chi connectivity index (χ0n) is 13.1. The maximum absolute atomic E-state index is 11.6. The Hall–Kier alpha value is -2.51. The summed E-state index contributed by atoms with van der Waals surface area (Å²) in [5, 5.41) is 17.4. The van der Waals surface area contributed by atoms with Crippen LogP contribution in [0, 0.1) is 0 Å². The van der Waals surface area contributed by atoms with Gasteiger partial charge in [0.15, 0.2) is 0 Å². The van der Waals surface area contributed by atoms with Crippen LogP contribution in [0.4, 0.5) is 0 Å². The number of benzene rings is 2. The first kappa shape index (κ1) is 17.8. The van der Waals surface area contributed by atoms with E-state index in [-0.39, 0.29) is 19.0 Å². The monoisotopic (exact) mass is 330 g/mol. The van der Waals surface area contributed by atoms with E-state index in [9.17, 15) is 4.79 Å². The van der Waals surface area contributed by atoms with Gasteiger partial charge in [-0.1, -0.05) is 30.3 Å². The molecule has 0 fully saturated rings. The third-order valence-corrected chi connectivity index (χ3v) is 3.10. The predicted octanol–water partition coefficient (Wildman–Crippen LogP) is 1.94. The SMILES string of the molecule is O=C(CCCOc1ccc(OB(O)O)cc1)OCc1ccccc1. The lowest BCUT2D eigenvalue weighted by Gasteiger charge is -2.08. The third kappa shape index (κ3) is 6.72. The van der Waals surface area contributed by atoms with Crippen LogP contribution in [0.2, 0.25) is 0 Å². The zero-order valence-corrected chi connectivity index (χ0v) is 13.1. The molecule has 0 atom stereocenters. The van der Waals surface area contributed by atoms with Crippen molar-refractivity contribution in [2.45, 2.75) is 19.4 Å². The van der Waals surface area contributed by atoms with Crippen LogP contribution in [-0.4, -0.2) is 29.9 Å². The minimum atomic E-state index is -1.85. The highest BCUT2D eigenvalue weighted by molar-refractivity contribution is 6.33. The van der Waals surface area contributed by atoms with Crippen LogP contribution in [0.1, 0.15) is 18.4 Å². The molecule has 0 saturated carbocycles. The number of carbonyl (C=O) groups is 1. The molecular formula is C17H19BO6. The lowest BCUT2D eigenvalue weighted by atomic mass is 10.2. The van der Waals surface area contributed by atoms with Crippen LogP contribution in [0.5, 0.6) is 11.5 Å². The smallest absolute Gasteiger partial charge is 0.512 e. The maximum Gasteiger partial charge on any atom is 0.707 e. The number of hydrogen-bond acceptors (Lipinski definition) is 6. The maximum atomic E-state index is 11.6. The molecule has 7 heteroatoms. The average Bonchev–Trinajstić information content (AvgIpc) is 2.59. The van der Waals surface area contributed by atoms with Gasteiger partial charge in [0.05, 0.1) is 6.61 Å². The topological polar surface area (TPSA) is 85.2 Å². The Labute approximate surface area is 140 Å². The van der Waals surface area contributed by atoms with Crippen molar-refractivity contribution < 1.29 is 29.0 Å². The average molecular weight is 330 g/mol. The molecule has 0 saturated heterocycles. The Kier molecular flexibility index (Phi) is 7.13. The second-order valence-electron chi connectivity index (χ2n) is 5.01. The Balaban J connectivity index is 1.61. The summed E-state index contributed by atoms with van der Waals surface area (Å²) in [7, 11) is -1.85. The summed E-state index contributed by atoms with van der Waals surface area (Å²) < 4.78 is 15.3. The fourth-order valence-electron chi connectivity index (χ4n) is 1.95. The molecule has 6 nitrogen and oxygen atoms in total. The summed E-state index contributed by atoms with van der Waals surface area (Å²) in [5.41, 5.74) is 0.956. The van der Waals surface area contributed by atoms with Gasteiger partial charge < -0.3 is 24.2 Å². The first-order valence-electron chi connectivity index (χ1n) is 7.59. The number of carbonyl (C=O) groups excluding carboxylic acids is 1. The van der Waals surface area contributed by atoms with E-state index in [0.717, 1.165) is 5.56 Å². The second kappa shape index (κ2) is 9.59. The van der Waals surface area contributed by atoms with Crippen molar-refractivity contribution in [1.82, 2.24) is 0 Å². The van der Waals surface area contributed by atoms with E-state index in [2.05, 4.69) is 4.65 Å². The zero-order chi connectivity index (χ0) is 17.2. The van der Waals surface area contributed by atoms with Crippen molar-refractivity contribution in [2.75, 3.05) is 6.61 Å². The fraction of sp³-hybridized carbons (Fsp3) is 0.235. The van der Waals surface area contributed by atoms with E-state index >= 15 is 0 Å². The highest BCUT2D eigenvalue weighted by Crippen LogP contribution is 2.18. The number of ether oxygens (including phenoxy) is 2. The molecule has 24 heavy (non-hydrogen) atoms. The summed E-state index contributed by atoms with van der Waals surface area (Å²) in [6, 6.07) is 15.9. The van der Waals surface area contributed by atoms with Gasteiger partial charge in [0.1, 0.15) is 18.1 Å². The molecule has 2 N–H and O–H groups in total. The van der Waals surface area contributed by atoms with Crippen LogP contribution in [0.3, 0.4) is 0 Å². The van der Waals surface area contributed by atoms with Crippen LogP contribution >= 0.6 is 0 Å². The van der Waals surface area contributed by atoms with E-state index < -0.39 is 7.32 Å². The van der Waals surface area contributed by atoms with Crippen molar-refractivity contribution >= 4 is 13.3 Å². The molecule has 0 bridgehead atoms. The number of esters is 1. The van der Waals surface area contributed by atoms with Gasteiger partial charge in [-0.05, 0) is 36.2 Å². The predicted molar refractivity (Wildman–Crippen MR) is 88.2 cm³/mol. The summed E-state index contributed by atoms with van der Waals surface area (Å²) >= 11 is 0. The van der Waals surface area contributed by atoms with Crippen molar-refractivity contribution in [2.24, 2.45) is 0 Å². The summed E-state index contributed by atoms with van der Waals surface area (Å²) in [5.74, 6) is 0.664. The Morgan fingerprint density at radius 1 is 0.958 bits per heavy atom. The molecule has 2 aromatic rings. The Morgan fingerprint density at radius 2 is 1.62 bits per heavy atom. The summed E-state index contributed by atoms with van der Waals surface area (Å²) in [4.78, 5) is 11.6. The van der Waals surface area contributed by atoms with E-state index in [1.807, 2.05) is 30.3 Å². The summed E-state index contributed by atoms with van der Waals surface area (Å²) in [6.07, 6.45) is 0.825. The van der Waals surface area contributed by atoms with Gasteiger partial charge in [-0.2, -0.15) is 0 Å². The van der Waals surface area contributed by atoms with Crippen molar-refractivity contribution in [3.63, 3.8) is 0 Å². The van der Waals surface area contributed by atoms with Gasteiger partial charge in [0, 0.05) is 6.42 Å². The third-order valence-electron chi connectivity index (χ3n) is 3.10. The normalized spacial score (nSPS) is 10.1. The highest BCUT2D eigenvalue weighted by Gasteiger charge is 2.10. The van der Waals surface area contributed by atoms with Gasteiger partial charge in [0.2, 0.25) is 0 Å². The minimum absolute atomic E-state index is 0.261. The van der Waals surface area contributed by atoms with Gasteiger partial charge in [-0.15, -0.1) is 0 Å². The van der Waals surface area contributed by atoms with Crippen molar-refractivity contribution in [3.05, 3.63) is 60.2 Å². The van der Waals surface area contributed by atoms with Crippen LogP contribution in [0.15, 0.2) is 54.6 Å². The van der Waals surface area contributed by atoms with E-state index in [4.69, 9.17) is 19.5 Å². The molecule has 0 heterocycles. The van der Waals surface area contributed by atoms with E-state index in [0.29, 0.717) is 24.5 Å². The van der Waals surface area contributed by atoms with Gasteiger partial charge in [-0.3, -0.25) is 4.79 Å². The van der Waals surface area contributed by atoms with Crippen molar-refractivity contribution in [3.8, 4) is 11.5 Å². The molecular weight excluding hydrogens is 311 g/mol. The van der Waals surface area contributed by atoms with Gasteiger partial charge >= 0.3 is 13.3 Å². The number of rotatable bonds is 9. The molecule has 0 aliphatic rings. The van der Waals surface area contributed by atoms with Crippen LogP contribution < -0.4 is 9.39 Å². The first-order valence-corrected chi connectivity index (χ1v) is 7.59. The van der Waals surface area contributed by atoms with Crippen LogP contribution in [-0.2, 0) is 16.1 Å². The van der Waals surface area contributed by atoms with Crippen LogP contribution in [0.25, 0.3) is 0 Å². The molecule has 0 spiro atoms.